The molecule has 6 aromatic carbocycles. The third kappa shape index (κ3) is 3.67. The quantitative estimate of drug-likeness (QED) is 0.189. The maximum atomic E-state index is 8.00. The summed E-state index contributed by atoms with van der Waals surface area (Å²) in [6.45, 7) is 8.00. The topological polar surface area (TPSA) is 40.2 Å². The van der Waals surface area contributed by atoms with Gasteiger partial charge in [-0.3, -0.25) is 4.57 Å². The lowest BCUT2D eigenvalue weighted by Crippen LogP contribution is -1.97. The Morgan fingerprint density at radius 3 is 2.04 bits per heavy atom. The van der Waals surface area contributed by atoms with Gasteiger partial charge >= 0.3 is 0 Å². The summed E-state index contributed by atoms with van der Waals surface area (Å²) in [7, 11) is 0. The average molecular weight is 601 g/mol. The van der Waals surface area contributed by atoms with Crippen molar-refractivity contribution in [3.63, 3.8) is 0 Å². The second-order valence-corrected chi connectivity index (χ2v) is 11.9. The van der Waals surface area contributed by atoms with Gasteiger partial charge in [0.2, 0.25) is 0 Å². The van der Waals surface area contributed by atoms with Crippen LogP contribution in [0.1, 0.15) is 0 Å². The predicted octanol–water partition coefficient (Wildman–Crippen LogP) is 11.4. The summed E-state index contributed by atoms with van der Waals surface area (Å²) in [5.41, 5.74) is 10.3. The van der Waals surface area contributed by atoms with Crippen LogP contribution in [0.15, 0.2) is 150 Å². The molecule has 0 aliphatic rings. The van der Waals surface area contributed by atoms with E-state index in [1.807, 2.05) is 42.6 Å². The van der Waals surface area contributed by atoms with Crippen LogP contribution in [0.4, 0.5) is 5.69 Å². The van der Waals surface area contributed by atoms with Crippen molar-refractivity contribution in [2.45, 2.75) is 0 Å². The van der Waals surface area contributed by atoms with Gasteiger partial charge in [0, 0.05) is 49.9 Å². The van der Waals surface area contributed by atoms with Crippen molar-refractivity contribution in [3.05, 3.63) is 157 Å². The summed E-state index contributed by atoms with van der Waals surface area (Å²) in [4.78, 5) is 8.77. The van der Waals surface area contributed by atoms with Gasteiger partial charge in [-0.2, -0.15) is 0 Å². The molecule has 5 nitrogen and oxygen atoms in total. The molecule has 0 fully saturated rings. The first-order valence-corrected chi connectivity index (χ1v) is 15.6. The van der Waals surface area contributed by atoms with Crippen molar-refractivity contribution in [1.29, 1.82) is 0 Å². The highest BCUT2D eigenvalue weighted by molar-refractivity contribution is 6.21. The van der Waals surface area contributed by atoms with Crippen LogP contribution in [0.25, 0.3) is 93.0 Å². The van der Waals surface area contributed by atoms with E-state index in [2.05, 4.69) is 117 Å². The normalized spacial score (nSPS) is 11.8. The fourth-order valence-electron chi connectivity index (χ4n) is 7.34. The Morgan fingerprint density at radius 1 is 0.532 bits per heavy atom. The minimum Gasteiger partial charge on any atom is -0.454 e. The van der Waals surface area contributed by atoms with E-state index in [0.717, 1.165) is 77.4 Å². The second-order valence-electron chi connectivity index (χ2n) is 11.9. The Labute approximate surface area is 269 Å². The average Bonchev–Trinajstić information content (AvgIpc) is 3.79. The van der Waals surface area contributed by atoms with Crippen molar-refractivity contribution in [3.8, 4) is 22.5 Å². The van der Waals surface area contributed by atoms with Crippen LogP contribution in [-0.2, 0) is 0 Å². The summed E-state index contributed by atoms with van der Waals surface area (Å²) in [5, 5.41) is 6.71. The molecule has 0 aliphatic carbocycles. The number of benzene rings is 6. The molecule has 0 radical (unpaired) electrons. The Morgan fingerprint density at radius 2 is 1.23 bits per heavy atom. The van der Waals surface area contributed by atoms with E-state index in [9.17, 15) is 0 Å². The molecule has 0 saturated heterocycles. The molecule has 4 aromatic heterocycles. The standard InChI is InChI=1S/C42H24N4O/c1-43-28-22-27(24-30(25-28)45-37-16-5-2-12-31(37)32-13-3-6-17-38(32)45)26-10-8-11-29(23-26)46-40-34(36-15-9-21-44-42(36)46)19-20-35-33-14-4-7-18-39(33)47-41(35)40/h2-25H. The third-order valence-electron chi connectivity index (χ3n) is 9.34. The van der Waals surface area contributed by atoms with Crippen molar-refractivity contribution >= 4 is 71.4 Å². The zero-order valence-corrected chi connectivity index (χ0v) is 25.1. The fraction of sp³-hybridized carbons (Fsp3) is 0. The molecule has 0 spiro atoms. The van der Waals surface area contributed by atoms with Crippen molar-refractivity contribution in [2.24, 2.45) is 0 Å². The lowest BCUT2D eigenvalue weighted by molar-refractivity contribution is 0.671. The summed E-state index contributed by atoms with van der Waals surface area (Å²) in [5.74, 6) is 0. The van der Waals surface area contributed by atoms with Gasteiger partial charge in [0.05, 0.1) is 23.1 Å². The number of aromatic nitrogens is 3. The van der Waals surface area contributed by atoms with Crippen molar-refractivity contribution < 1.29 is 4.42 Å². The van der Waals surface area contributed by atoms with Crippen LogP contribution in [0.3, 0.4) is 0 Å². The molecule has 47 heavy (non-hydrogen) atoms. The molecule has 0 N–H and O–H groups in total. The molecule has 10 rings (SSSR count). The molecule has 0 atom stereocenters. The molecule has 0 amide bonds. The summed E-state index contributed by atoms with van der Waals surface area (Å²) in [6.07, 6.45) is 1.84. The predicted molar refractivity (Wildman–Crippen MR) is 192 cm³/mol. The smallest absolute Gasteiger partial charge is 0.189 e. The highest BCUT2D eigenvalue weighted by Gasteiger charge is 2.20. The highest BCUT2D eigenvalue weighted by atomic mass is 16.3. The first kappa shape index (κ1) is 25.7. The number of nitrogens with zero attached hydrogens (tertiary/aromatic N) is 4. The van der Waals surface area contributed by atoms with E-state index in [4.69, 9.17) is 16.0 Å². The number of rotatable bonds is 3. The largest absolute Gasteiger partial charge is 0.454 e. The molecule has 4 heterocycles. The highest BCUT2D eigenvalue weighted by Crippen LogP contribution is 2.41. The van der Waals surface area contributed by atoms with E-state index in [0.29, 0.717) is 5.69 Å². The van der Waals surface area contributed by atoms with Crippen LogP contribution >= 0.6 is 0 Å². The Kier molecular flexibility index (Phi) is 5.28. The number of pyridine rings is 1. The molecule has 0 unspecified atom stereocenters. The molecule has 5 heteroatoms. The molecule has 10 aromatic rings. The van der Waals surface area contributed by atoms with Gasteiger partial charge < -0.3 is 8.98 Å². The molecular formula is C42H24N4O. The Hall–Kier alpha value is -6.64. The van der Waals surface area contributed by atoms with E-state index < -0.39 is 0 Å². The zero-order valence-electron chi connectivity index (χ0n) is 25.1. The number of hydrogen-bond donors (Lipinski definition) is 0. The van der Waals surface area contributed by atoms with Gasteiger partial charge in [0.1, 0.15) is 11.2 Å². The molecular weight excluding hydrogens is 576 g/mol. The van der Waals surface area contributed by atoms with Crippen LogP contribution in [0, 0.1) is 6.57 Å². The lowest BCUT2D eigenvalue weighted by Gasteiger charge is -2.13. The number of fused-ring (bicyclic) bond motifs is 10. The maximum absolute atomic E-state index is 8.00. The fourth-order valence-corrected chi connectivity index (χ4v) is 7.34. The van der Waals surface area contributed by atoms with Gasteiger partial charge in [-0.15, -0.1) is 0 Å². The SMILES string of the molecule is [C-]#[N+]c1cc(-c2cccc(-n3c4ncccc4c4ccc5c6ccccc6oc5c43)c2)cc(-n2c3ccccc3c3ccccc32)c1. The van der Waals surface area contributed by atoms with Crippen molar-refractivity contribution in [1.82, 2.24) is 14.1 Å². The minimum absolute atomic E-state index is 0.590. The van der Waals surface area contributed by atoms with Gasteiger partial charge in [-0.25, -0.2) is 9.83 Å². The molecule has 0 saturated carbocycles. The first-order valence-electron chi connectivity index (χ1n) is 15.6. The van der Waals surface area contributed by atoms with Crippen molar-refractivity contribution in [2.75, 3.05) is 0 Å². The summed E-state index contributed by atoms with van der Waals surface area (Å²) in [6, 6.07) is 48.2. The van der Waals surface area contributed by atoms with Crippen LogP contribution in [-0.4, -0.2) is 14.1 Å². The van der Waals surface area contributed by atoms with Gasteiger partial charge in [0.15, 0.2) is 11.3 Å². The Bertz CT molecular complexity index is 2880. The summed E-state index contributed by atoms with van der Waals surface area (Å²) >= 11 is 0. The van der Waals surface area contributed by atoms with Crippen LogP contribution in [0.5, 0.6) is 0 Å². The van der Waals surface area contributed by atoms with Crippen LogP contribution < -0.4 is 0 Å². The number of furan rings is 1. The third-order valence-corrected chi connectivity index (χ3v) is 9.34. The summed E-state index contributed by atoms with van der Waals surface area (Å²) < 4.78 is 11.0. The van der Waals surface area contributed by atoms with E-state index in [1.54, 1.807) is 0 Å². The number of hydrogen-bond acceptors (Lipinski definition) is 2. The van der Waals surface area contributed by atoms with E-state index in [1.165, 1.54) is 10.8 Å². The van der Waals surface area contributed by atoms with E-state index >= 15 is 0 Å². The second kappa shape index (κ2) is 9.68. The lowest BCUT2D eigenvalue weighted by atomic mass is 10.0. The molecule has 218 valence electrons. The Balaban J connectivity index is 1.22. The van der Waals surface area contributed by atoms with Gasteiger partial charge in [-0.05, 0) is 77.9 Å². The zero-order chi connectivity index (χ0) is 31.1. The first-order chi connectivity index (χ1) is 23.3. The molecule has 0 bridgehead atoms. The number of para-hydroxylation sites is 3. The van der Waals surface area contributed by atoms with Crippen LogP contribution in [0.2, 0.25) is 0 Å². The van der Waals surface area contributed by atoms with Gasteiger partial charge in [0.25, 0.3) is 0 Å². The maximum Gasteiger partial charge on any atom is 0.189 e. The minimum atomic E-state index is 0.590. The van der Waals surface area contributed by atoms with E-state index in [-0.39, 0.29) is 0 Å². The monoisotopic (exact) mass is 600 g/mol. The van der Waals surface area contributed by atoms with Gasteiger partial charge in [-0.1, -0.05) is 72.8 Å². The molecule has 0 aliphatic heterocycles.